The predicted octanol–water partition coefficient (Wildman–Crippen LogP) is 3.11. The number of ether oxygens (including phenoxy) is 1. The molecule has 16 heavy (non-hydrogen) atoms. The van der Waals surface area contributed by atoms with Crippen LogP contribution in [-0.4, -0.2) is 11.7 Å². The summed E-state index contributed by atoms with van der Waals surface area (Å²) >= 11 is 6.07. The molecule has 1 unspecified atom stereocenters. The first-order chi connectivity index (χ1) is 7.75. The van der Waals surface area contributed by atoms with Gasteiger partial charge in [-0.3, -0.25) is 0 Å². The summed E-state index contributed by atoms with van der Waals surface area (Å²) < 4.78 is 5.61. The SMILES string of the molecule is OC(c1cc(Cl)cc2c1OCC2)C1CCC1. The zero-order valence-corrected chi connectivity index (χ0v) is 9.83. The van der Waals surface area contributed by atoms with Crippen LogP contribution in [-0.2, 0) is 6.42 Å². The van der Waals surface area contributed by atoms with E-state index in [1.54, 1.807) is 0 Å². The van der Waals surface area contributed by atoms with Crippen molar-refractivity contribution in [1.82, 2.24) is 0 Å². The number of aliphatic hydroxyl groups excluding tert-OH is 1. The highest BCUT2D eigenvalue weighted by molar-refractivity contribution is 6.30. The average molecular weight is 239 g/mol. The van der Waals surface area contributed by atoms with Crippen molar-refractivity contribution < 1.29 is 9.84 Å². The van der Waals surface area contributed by atoms with Gasteiger partial charge in [-0.05, 0) is 36.5 Å². The number of aliphatic hydroxyl groups is 1. The lowest BCUT2D eigenvalue weighted by Gasteiger charge is -2.31. The van der Waals surface area contributed by atoms with Crippen molar-refractivity contribution in [3.63, 3.8) is 0 Å². The molecule has 2 aliphatic rings. The predicted molar refractivity (Wildman–Crippen MR) is 63.0 cm³/mol. The van der Waals surface area contributed by atoms with E-state index < -0.39 is 6.10 Å². The van der Waals surface area contributed by atoms with Crippen LogP contribution in [0.25, 0.3) is 0 Å². The first kappa shape index (κ1) is 10.4. The lowest BCUT2D eigenvalue weighted by molar-refractivity contribution is 0.0600. The highest BCUT2D eigenvalue weighted by atomic mass is 35.5. The van der Waals surface area contributed by atoms with Gasteiger partial charge in [0.2, 0.25) is 0 Å². The van der Waals surface area contributed by atoms with Gasteiger partial charge < -0.3 is 9.84 Å². The minimum absolute atomic E-state index is 0.395. The van der Waals surface area contributed by atoms with Crippen LogP contribution < -0.4 is 4.74 Å². The number of halogens is 1. The van der Waals surface area contributed by atoms with Crippen molar-refractivity contribution in [1.29, 1.82) is 0 Å². The average Bonchev–Trinajstić information content (AvgIpc) is 2.60. The summed E-state index contributed by atoms with van der Waals surface area (Å²) in [6.07, 6.45) is 3.95. The molecule has 0 radical (unpaired) electrons. The van der Waals surface area contributed by atoms with Crippen LogP contribution >= 0.6 is 11.6 Å². The Morgan fingerprint density at radius 2 is 2.19 bits per heavy atom. The minimum Gasteiger partial charge on any atom is -0.493 e. The van der Waals surface area contributed by atoms with Gasteiger partial charge in [0, 0.05) is 17.0 Å². The van der Waals surface area contributed by atoms with Gasteiger partial charge in [-0.1, -0.05) is 18.0 Å². The molecule has 2 nitrogen and oxygen atoms in total. The van der Waals surface area contributed by atoms with Crippen LogP contribution in [0.4, 0.5) is 0 Å². The summed E-state index contributed by atoms with van der Waals surface area (Å²) in [4.78, 5) is 0. The summed E-state index contributed by atoms with van der Waals surface area (Å²) in [6, 6.07) is 3.80. The maximum absolute atomic E-state index is 10.3. The second kappa shape index (κ2) is 3.94. The quantitative estimate of drug-likeness (QED) is 0.858. The van der Waals surface area contributed by atoms with Gasteiger partial charge in [0.05, 0.1) is 12.7 Å². The molecule has 1 N–H and O–H groups in total. The van der Waals surface area contributed by atoms with Crippen molar-refractivity contribution in [3.8, 4) is 5.75 Å². The topological polar surface area (TPSA) is 29.5 Å². The van der Waals surface area contributed by atoms with Crippen molar-refractivity contribution in [2.75, 3.05) is 6.61 Å². The Morgan fingerprint density at radius 1 is 1.38 bits per heavy atom. The molecule has 1 aromatic carbocycles. The molecule has 0 spiro atoms. The molecule has 0 aromatic heterocycles. The molecule has 3 rings (SSSR count). The Labute approximate surface area is 100 Å². The van der Waals surface area contributed by atoms with E-state index in [-0.39, 0.29) is 0 Å². The Morgan fingerprint density at radius 3 is 2.88 bits per heavy atom. The van der Waals surface area contributed by atoms with E-state index in [9.17, 15) is 5.11 Å². The number of hydrogen-bond donors (Lipinski definition) is 1. The van der Waals surface area contributed by atoms with Crippen LogP contribution in [0.1, 0.15) is 36.5 Å². The Hall–Kier alpha value is -0.730. The second-order valence-corrected chi connectivity index (χ2v) is 5.15. The van der Waals surface area contributed by atoms with Gasteiger partial charge in [-0.2, -0.15) is 0 Å². The lowest BCUT2D eigenvalue weighted by Crippen LogP contribution is -2.20. The van der Waals surface area contributed by atoms with Gasteiger partial charge in [0.25, 0.3) is 0 Å². The summed E-state index contributed by atoms with van der Waals surface area (Å²) in [7, 11) is 0. The third-order valence-corrected chi connectivity index (χ3v) is 3.91. The molecule has 1 aliphatic heterocycles. The monoisotopic (exact) mass is 238 g/mol. The summed E-state index contributed by atoms with van der Waals surface area (Å²) in [5.74, 6) is 1.27. The molecule has 1 atom stereocenters. The third-order valence-electron chi connectivity index (χ3n) is 3.69. The highest BCUT2D eigenvalue weighted by Crippen LogP contribution is 2.44. The van der Waals surface area contributed by atoms with Gasteiger partial charge in [-0.25, -0.2) is 0 Å². The van der Waals surface area contributed by atoms with Crippen LogP contribution in [0.3, 0.4) is 0 Å². The van der Waals surface area contributed by atoms with Crippen molar-refractivity contribution >= 4 is 11.6 Å². The summed E-state index contributed by atoms with van der Waals surface area (Å²) in [6.45, 7) is 0.708. The zero-order chi connectivity index (χ0) is 11.1. The van der Waals surface area contributed by atoms with Gasteiger partial charge >= 0.3 is 0 Å². The van der Waals surface area contributed by atoms with Crippen molar-refractivity contribution in [2.24, 2.45) is 5.92 Å². The fourth-order valence-corrected chi connectivity index (χ4v) is 2.78. The van der Waals surface area contributed by atoms with Crippen LogP contribution in [0.5, 0.6) is 5.75 Å². The van der Waals surface area contributed by atoms with Gasteiger partial charge in [0.1, 0.15) is 5.75 Å². The molecular formula is C13H15ClO2. The van der Waals surface area contributed by atoms with E-state index >= 15 is 0 Å². The van der Waals surface area contributed by atoms with Gasteiger partial charge in [-0.15, -0.1) is 0 Å². The van der Waals surface area contributed by atoms with E-state index in [2.05, 4.69) is 0 Å². The first-order valence-electron chi connectivity index (χ1n) is 5.89. The van der Waals surface area contributed by atoms with Crippen LogP contribution in [0.2, 0.25) is 5.02 Å². The molecule has 1 fully saturated rings. The van der Waals surface area contributed by atoms with E-state index in [0.29, 0.717) is 17.5 Å². The van der Waals surface area contributed by atoms with E-state index in [1.807, 2.05) is 12.1 Å². The molecular weight excluding hydrogens is 224 g/mol. The van der Waals surface area contributed by atoms with E-state index in [1.165, 1.54) is 6.42 Å². The molecule has 1 heterocycles. The smallest absolute Gasteiger partial charge is 0.128 e. The molecule has 0 bridgehead atoms. The molecule has 86 valence electrons. The standard InChI is InChI=1S/C13H15ClO2/c14-10-6-9-4-5-16-13(9)11(7-10)12(15)8-2-1-3-8/h6-8,12,15H,1-5H2. The van der Waals surface area contributed by atoms with Crippen LogP contribution in [0.15, 0.2) is 12.1 Å². The van der Waals surface area contributed by atoms with Crippen molar-refractivity contribution in [3.05, 3.63) is 28.3 Å². The second-order valence-electron chi connectivity index (χ2n) is 4.72. The number of benzene rings is 1. The molecule has 0 amide bonds. The lowest BCUT2D eigenvalue weighted by atomic mass is 9.78. The Balaban J connectivity index is 1.99. The highest BCUT2D eigenvalue weighted by Gasteiger charge is 2.31. The maximum atomic E-state index is 10.3. The van der Waals surface area contributed by atoms with E-state index in [0.717, 1.165) is 36.1 Å². The molecule has 1 aromatic rings. The van der Waals surface area contributed by atoms with Crippen LogP contribution in [0, 0.1) is 5.92 Å². The Kier molecular flexibility index (Phi) is 2.56. The summed E-state index contributed by atoms with van der Waals surface area (Å²) in [5.41, 5.74) is 2.03. The number of hydrogen-bond acceptors (Lipinski definition) is 2. The third kappa shape index (κ3) is 1.61. The largest absolute Gasteiger partial charge is 0.493 e. The first-order valence-corrected chi connectivity index (χ1v) is 6.26. The number of rotatable bonds is 2. The zero-order valence-electron chi connectivity index (χ0n) is 9.08. The molecule has 0 saturated heterocycles. The van der Waals surface area contributed by atoms with Crippen molar-refractivity contribution in [2.45, 2.75) is 31.8 Å². The minimum atomic E-state index is -0.403. The molecule has 3 heteroatoms. The normalized spacial score (nSPS) is 21.1. The fraction of sp³-hybridized carbons (Fsp3) is 0.538. The molecule has 1 aliphatic carbocycles. The number of fused-ring (bicyclic) bond motifs is 1. The maximum Gasteiger partial charge on any atom is 0.128 e. The van der Waals surface area contributed by atoms with Gasteiger partial charge in [0.15, 0.2) is 0 Å². The fourth-order valence-electron chi connectivity index (χ4n) is 2.53. The van der Waals surface area contributed by atoms with E-state index in [4.69, 9.17) is 16.3 Å². The Bertz CT molecular complexity index is 413. The summed E-state index contributed by atoms with van der Waals surface area (Å²) in [5, 5.41) is 11.0. The molecule has 1 saturated carbocycles.